The van der Waals surface area contributed by atoms with Gasteiger partial charge in [0.25, 0.3) is 0 Å². The molecule has 0 saturated carbocycles. The molecule has 0 fully saturated rings. The van der Waals surface area contributed by atoms with Crippen molar-refractivity contribution in [1.29, 1.82) is 0 Å². The second-order valence-electron chi connectivity index (χ2n) is 4.59. The molecule has 0 unspecified atom stereocenters. The molecule has 1 aromatic carbocycles. The quantitative estimate of drug-likeness (QED) is 0.852. The number of aromatic carboxylic acids is 1. The molecule has 4 heteroatoms. The summed E-state index contributed by atoms with van der Waals surface area (Å²) in [5.41, 5.74) is 1.55. The molecule has 17 heavy (non-hydrogen) atoms. The highest BCUT2D eigenvalue weighted by Crippen LogP contribution is 2.10. The third kappa shape index (κ3) is 5.20. The van der Waals surface area contributed by atoms with Gasteiger partial charge in [0, 0.05) is 12.1 Å². The predicted octanol–water partition coefficient (Wildman–Crippen LogP) is 3.08. The van der Waals surface area contributed by atoms with Crippen molar-refractivity contribution < 1.29 is 9.90 Å². The molecule has 2 N–H and O–H groups in total. The molecule has 0 aliphatic carbocycles. The summed E-state index contributed by atoms with van der Waals surface area (Å²) in [6.45, 7) is 7.21. The van der Waals surface area contributed by atoms with Crippen LogP contribution in [0.5, 0.6) is 0 Å². The van der Waals surface area contributed by atoms with Crippen LogP contribution in [0, 0.1) is 0 Å². The van der Waals surface area contributed by atoms with Gasteiger partial charge in [-0.15, -0.1) is 12.4 Å². The van der Waals surface area contributed by atoms with Crippen LogP contribution >= 0.6 is 12.4 Å². The zero-order valence-corrected chi connectivity index (χ0v) is 11.3. The fraction of sp³-hybridized carbons (Fsp3) is 0.462. The van der Waals surface area contributed by atoms with Crippen LogP contribution in [-0.4, -0.2) is 16.6 Å². The molecular formula is C13H20ClNO2. The van der Waals surface area contributed by atoms with Crippen molar-refractivity contribution in [3.8, 4) is 0 Å². The highest BCUT2D eigenvalue weighted by atomic mass is 35.5. The topological polar surface area (TPSA) is 49.3 Å². The zero-order valence-electron chi connectivity index (χ0n) is 10.5. The van der Waals surface area contributed by atoms with E-state index >= 15 is 0 Å². The Morgan fingerprint density at radius 1 is 1.29 bits per heavy atom. The summed E-state index contributed by atoms with van der Waals surface area (Å²) in [6, 6.07) is 6.97. The molecule has 0 heterocycles. The van der Waals surface area contributed by atoms with Gasteiger partial charge in [0.1, 0.15) is 0 Å². The van der Waals surface area contributed by atoms with Crippen molar-refractivity contribution in [3.05, 3.63) is 35.4 Å². The fourth-order valence-corrected chi connectivity index (χ4v) is 1.23. The monoisotopic (exact) mass is 257 g/mol. The Balaban J connectivity index is 0.00000256. The lowest BCUT2D eigenvalue weighted by atomic mass is 10.0. The van der Waals surface area contributed by atoms with Gasteiger partial charge in [-0.2, -0.15) is 0 Å². The van der Waals surface area contributed by atoms with E-state index in [1.807, 2.05) is 12.1 Å². The Morgan fingerprint density at radius 2 is 1.82 bits per heavy atom. The Labute approximate surface area is 109 Å². The minimum absolute atomic E-state index is 0. The van der Waals surface area contributed by atoms with Gasteiger partial charge < -0.3 is 10.4 Å². The van der Waals surface area contributed by atoms with Gasteiger partial charge in [0.15, 0.2) is 0 Å². The van der Waals surface area contributed by atoms with Crippen LogP contribution in [-0.2, 0) is 6.54 Å². The van der Waals surface area contributed by atoms with Crippen LogP contribution in [0.25, 0.3) is 0 Å². The normalized spacial score (nSPS) is 10.8. The first-order valence-electron chi connectivity index (χ1n) is 5.52. The zero-order chi connectivity index (χ0) is 12.2. The van der Waals surface area contributed by atoms with Gasteiger partial charge in [-0.05, 0) is 38.0 Å². The summed E-state index contributed by atoms with van der Waals surface area (Å²) < 4.78 is 0. The molecule has 0 saturated heterocycles. The van der Waals surface area contributed by atoms with Gasteiger partial charge in [-0.3, -0.25) is 0 Å². The van der Waals surface area contributed by atoms with Gasteiger partial charge >= 0.3 is 5.97 Å². The number of nitrogens with one attached hydrogen (secondary N) is 1. The van der Waals surface area contributed by atoms with Crippen molar-refractivity contribution in [2.75, 3.05) is 0 Å². The second-order valence-corrected chi connectivity index (χ2v) is 4.59. The Bertz CT molecular complexity index is 360. The minimum atomic E-state index is -0.881. The van der Waals surface area contributed by atoms with E-state index in [0.717, 1.165) is 18.5 Å². The maximum absolute atomic E-state index is 10.7. The van der Waals surface area contributed by atoms with Crippen LogP contribution in [0.1, 0.15) is 43.1 Å². The summed E-state index contributed by atoms with van der Waals surface area (Å²) in [7, 11) is 0. The third-order valence-electron chi connectivity index (χ3n) is 2.86. The second kappa shape index (κ2) is 6.62. The van der Waals surface area contributed by atoms with Crippen LogP contribution in [0.15, 0.2) is 24.3 Å². The van der Waals surface area contributed by atoms with Crippen molar-refractivity contribution in [1.82, 2.24) is 5.32 Å². The van der Waals surface area contributed by atoms with Crippen molar-refractivity contribution >= 4 is 18.4 Å². The molecule has 0 radical (unpaired) electrons. The number of benzene rings is 1. The number of carbonyl (C=O) groups is 1. The molecule has 0 aliphatic heterocycles. The van der Waals surface area contributed by atoms with Crippen LogP contribution in [0.4, 0.5) is 0 Å². The SMILES string of the molecule is CCC(C)(C)NCc1ccc(C(=O)O)cc1.Cl. The highest BCUT2D eigenvalue weighted by molar-refractivity contribution is 5.87. The minimum Gasteiger partial charge on any atom is -0.478 e. The van der Waals surface area contributed by atoms with Gasteiger partial charge in [-0.25, -0.2) is 4.79 Å². The van der Waals surface area contributed by atoms with E-state index in [0.29, 0.717) is 5.56 Å². The molecule has 0 atom stereocenters. The van der Waals surface area contributed by atoms with E-state index < -0.39 is 5.97 Å². The summed E-state index contributed by atoms with van der Waals surface area (Å²) in [6.07, 6.45) is 1.06. The van der Waals surface area contributed by atoms with Crippen molar-refractivity contribution in [2.45, 2.75) is 39.3 Å². The van der Waals surface area contributed by atoms with Crippen LogP contribution < -0.4 is 5.32 Å². The van der Waals surface area contributed by atoms with Crippen molar-refractivity contribution in [2.24, 2.45) is 0 Å². The maximum atomic E-state index is 10.7. The number of hydrogen-bond donors (Lipinski definition) is 2. The standard InChI is InChI=1S/C13H19NO2.ClH/c1-4-13(2,3)14-9-10-5-7-11(8-6-10)12(15)16;/h5-8,14H,4,9H2,1-3H3,(H,15,16);1H. The molecule has 0 bridgehead atoms. The Morgan fingerprint density at radius 3 is 2.24 bits per heavy atom. The summed E-state index contributed by atoms with van der Waals surface area (Å²) in [4.78, 5) is 10.7. The molecule has 1 rings (SSSR count). The number of carboxylic acids is 1. The van der Waals surface area contributed by atoms with Crippen molar-refractivity contribution in [3.63, 3.8) is 0 Å². The first-order valence-corrected chi connectivity index (χ1v) is 5.52. The molecule has 0 aliphatic rings. The summed E-state index contributed by atoms with van der Waals surface area (Å²) >= 11 is 0. The number of hydrogen-bond acceptors (Lipinski definition) is 2. The molecular weight excluding hydrogens is 238 g/mol. The van der Waals surface area contributed by atoms with E-state index in [4.69, 9.17) is 5.11 Å². The van der Waals surface area contributed by atoms with E-state index in [1.54, 1.807) is 12.1 Å². The molecule has 3 nitrogen and oxygen atoms in total. The van der Waals surface area contributed by atoms with E-state index in [-0.39, 0.29) is 17.9 Å². The van der Waals surface area contributed by atoms with Gasteiger partial charge in [0.05, 0.1) is 5.56 Å². The van der Waals surface area contributed by atoms with Crippen LogP contribution in [0.2, 0.25) is 0 Å². The summed E-state index contributed by atoms with van der Waals surface area (Å²) in [5, 5.41) is 12.2. The fourth-order valence-electron chi connectivity index (χ4n) is 1.23. The molecule has 0 aromatic heterocycles. The van der Waals surface area contributed by atoms with Gasteiger partial charge in [0.2, 0.25) is 0 Å². The first kappa shape index (κ1) is 15.9. The van der Waals surface area contributed by atoms with Crippen LogP contribution in [0.3, 0.4) is 0 Å². The van der Waals surface area contributed by atoms with E-state index in [1.165, 1.54) is 0 Å². The Hall–Kier alpha value is -1.06. The number of carboxylic acid groups (broad SMARTS) is 1. The lowest BCUT2D eigenvalue weighted by molar-refractivity contribution is 0.0697. The van der Waals surface area contributed by atoms with E-state index in [9.17, 15) is 4.79 Å². The molecule has 0 spiro atoms. The van der Waals surface area contributed by atoms with E-state index in [2.05, 4.69) is 26.1 Å². The number of rotatable bonds is 5. The third-order valence-corrected chi connectivity index (χ3v) is 2.86. The molecule has 96 valence electrons. The van der Waals surface area contributed by atoms with Gasteiger partial charge in [-0.1, -0.05) is 19.1 Å². The molecule has 1 aromatic rings. The smallest absolute Gasteiger partial charge is 0.335 e. The Kier molecular flexibility index (Phi) is 6.21. The first-order chi connectivity index (χ1) is 7.44. The predicted molar refractivity (Wildman–Crippen MR) is 71.9 cm³/mol. The largest absolute Gasteiger partial charge is 0.478 e. The molecule has 0 amide bonds. The average Bonchev–Trinajstić information content (AvgIpc) is 2.27. The average molecular weight is 258 g/mol. The highest BCUT2D eigenvalue weighted by Gasteiger charge is 2.13. The lowest BCUT2D eigenvalue weighted by Crippen LogP contribution is -2.37. The number of halogens is 1. The lowest BCUT2D eigenvalue weighted by Gasteiger charge is -2.24. The maximum Gasteiger partial charge on any atom is 0.335 e. The summed E-state index contributed by atoms with van der Waals surface area (Å²) in [5.74, 6) is -0.881.